The second-order valence-corrected chi connectivity index (χ2v) is 8.27. The Morgan fingerprint density at radius 2 is 1.66 bits per heavy atom. The van der Waals surface area contributed by atoms with Gasteiger partial charge >= 0.3 is 0 Å². The maximum atomic E-state index is 12.6. The fourth-order valence-corrected chi connectivity index (χ4v) is 4.05. The van der Waals surface area contributed by atoms with E-state index in [9.17, 15) is 14.4 Å². The van der Waals surface area contributed by atoms with Gasteiger partial charge in [0.1, 0.15) is 12.4 Å². The molecule has 32 heavy (non-hydrogen) atoms. The number of amides is 3. The standard InChI is InChI=1S/C25H22N2O4S/c28-23-17-32-25(30)27(23)15-19-7-5-9-21(13-19)24(29)26-14-18-6-4-8-20(12-18)16-31-22-10-2-1-3-11-22/h1-13H,14-17H2,(H,26,29). The Morgan fingerprint density at radius 3 is 2.44 bits per heavy atom. The van der Waals surface area contributed by atoms with Crippen molar-refractivity contribution < 1.29 is 19.1 Å². The molecule has 1 aliphatic rings. The van der Waals surface area contributed by atoms with Crippen LogP contribution in [-0.2, 0) is 24.5 Å². The highest BCUT2D eigenvalue weighted by atomic mass is 32.2. The molecule has 1 N–H and O–H groups in total. The number of ether oxygens (including phenoxy) is 1. The van der Waals surface area contributed by atoms with E-state index >= 15 is 0 Å². The molecule has 0 radical (unpaired) electrons. The summed E-state index contributed by atoms with van der Waals surface area (Å²) in [5.74, 6) is 0.563. The SMILES string of the molecule is O=C(NCc1cccc(COc2ccccc2)c1)c1cccc(CN2C(=O)CSC2=O)c1. The summed E-state index contributed by atoms with van der Waals surface area (Å²) < 4.78 is 5.78. The second-order valence-electron chi connectivity index (χ2n) is 7.34. The van der Waals surface area contributed by atoms with Crippen molar-refractivity contribution in [3.05, 3.63) is 101 Å². The van der Waals surface area contributed by atoms with E-state index in [0.717, 1.165) is 34.2 Å². The predicted octanol–water partition coefficient (Wildman–Crippen LogP) is 4.39. The molecular formula is C25H22N2O4S. The zero-order valence-corrected chi connectivity index (χ0v) is 18.1. The summed E-state index contributed by atoms with van der Waals surface area (Å²) in [6, 6.07) is 24.5. The van der Waals surface area contributed by atoms with Crippen LogP contribution in [0.2, 0.25) is 0 Å². The maximum absolute atomic E-state index is 12.6. The Morgan fingerprint density at radius 1 is 0.906 bits per heavy atom. The van der Waals surface area contributed by atoms with E-state index in [1.165, 1.54) is 4.90 Å². The van der Waals surface area contributed by atoms with Gasteiger partial charge in [-0.15, -0.1) is 0 Å². The van der Waals surface area contributed by atoms with Crippen molar-refractivity contribution >= 4 is 28.8 Å². The van der Waals surface area contributed by atoms with Crippen molar-refractivity contribution in [1.82, 2.24) is 10.2 Å². The van der Waals surface area contributed by atoms with Gasteiger partial charge in [0.2, 0.25) is 5.91 Å². The van der Waals surface area contributed by atoms with Crippen LogP contribution in [0.25, 0.3) is 0 Å². The molecule has 1 aliphatic heterocycles. The molecule has 3 amide bonds. The smallest absolute Gasteiger partial charge is 0.289 e. The number of para-hydroxylation sites is 1. The number of hydrogen-bond donors (Lipinski definition) is 1. The summed E-state index contributed by atoms with van der Waals surface area (Å²) in [7, 11) is 0. The number of rotatable bonds is 8. The lowest BCUT2D eigenvalue weighted by molar-refractivity contribution is -0.125. The molecule has 3 aromatic rings. The summed E-state index contributed by atoms with van der Waals surface area (Å²) in [4.78, 5) is 37.5. The lowest BCUT2D eigenvalue weighted by Gasteiger charge is -2.13. The van der Waals surface area contributed by atoms with Gasteiger partial charge in [-0.2, -0.15) is 0 Å². The first-order chi connectivity index (χ1) is 15.6. The van der Waals surface area contributed by atoms with Crippen molar-refractivity contribution in [2.45, 2.75) is 19.7 Å². The number of carbonyl (C=O) groups is 3. The van der Waals surface area contributed by atoms with Crippen LogP contribution in [-0.4, -0.2) is 27.7 Å². The number of benzene rings is 3. The minimum absolute atomic E-state index is 0.175. The number of nitrogens with zero attached hydrogens (tertiary/aromatic N) is 1. The largest absolute Gasteiger partial charge is 0.489 e. The summed E-state index contributed by atoms with van der Waals surface area (Å²) in [5, 5.41) is 2.67. The van der Waals surface area contributed by atoms with Crippen LogP contribution in [0.3, 0.4) is 0 Å². The van der Waals surface area contributed by atoms with Crippen LogP contribution < -0.4 is 10.1 Å². The first-order valence-corrected chi connectivity index (χ1v) is 11.2. The van der Waals surface area contributed by atoms with E-state index in [0.29, 0.717) is 18.7 Å². The van der Waals surface area contributed by atoms with E-state index in [1.54, 1.807) is 24.3 Å². The van der Waals surface area contributed by atoms with Crippen LogP contribution in [0.4, 0.5) is 4.79 Å². The van der Waals surface area contributed by atoms with E-state index in [1.807, 2.05) is 54.6 Å². The van der Waals surface area contributed by atoms with Crippen molar-refractivity contribution in [3.63, 3.8) is 0 Å². The van der Waals surface area contributed by atoms with Gasteiger partial charge < -0.3 is 10.1 Å². The summed E-state index contributed by atoms with van der Waals surface area (Å²) in [6.07, 6.45) is 0. The molecule has 0 unspecified atom stereocenters. The molecule has 0 atom stereocenters. The highest BCUT2D eigenvalue weighted by Crippen LogP contribution is 2.21. The molecule has 4 rings (SSSR count). The van der Waals surface area contributed by atoms with Gasteiger partial charge in [-0.25, -0.2) is 0 Å². The molecule has 1 heterocycles. The number of thioether (sulfide) groups is 1. The van der Waals surface area contributed by atoms with E-state index < -0.39 is 0 Å². The minimum atomic E-state index is -0.249. The summed E-state index contributed by atoms with van der Waals surface area (Å²) in [5.41, 5.74) is 3.20. The van der Waals surface area contributed by atoms with Gasteiger partial charge in [0.05, 0.1) is 12.3 Å². The van der Waals surface area contributed by atoms with Crippen LogP contribution in [0.5, 0.6) is 5.75 Å². The summed E-state index contributed by atoms with van der Waals surface area (Å²) in [6.45, 7) is 0.997. The Labute approximate surface area is 190 Å². The molecule has 0 spiro atoms. The third kappa shape index (κ3) is 5.56. The third-order valence-corrected chi connectivity index (χ3v) is 5.82. The van der Waals surface area contributed by atoms with Crippen LogP contribution >= 0.6 is 11.8 Å². The fourth-order valence-electron chi connectivity index (χ4n) is 3.32. The van der Waals surface area contributed by atoms with E-state index in [2.05, 4.69) is 5.32 Å². The highest BCUT2D eigenvalue weighted by Gasteiger charge is 2.29. The van der Waals surface area contributed by atoms with Crippen molar-refractivity contribution in [3.8, 4) is 5.75 Å². The van der Waals surface area contributed by atoms with E-state index in [4.69, 9.17) is 4.74 Å². The monoisotopic (exact) mass is 446 g/mol. The van der Waals surface area contributed by atoms with Gasteiger partial charge in [0.15, 0.2) is 0 Å². The summed E-state index contributed by atoms with van der Waals surface area (Å²) >= 11 is 1.00. The molecule has 0 saturated carbocycles. The average Bonchev–Trinajstić information content (AvgIpc) is 3.14. The molecule has 6 nitrogen and oxygen atoms in total. The molecule has 162 valence electrons. The van der Waals surface area contributed by atoms with Gasteiger partial charge in [-0.05, 0) is 41.0 Å². The number of imide groups is 1. The topological polar surface area (TPSA) is 75.7 Å². The first-order valence-electron chi connectivity index (χ1n) is 10.2. The maximum Gasteiger partial charge on any atom is 0.289 e. The molecule has 0 bridgehead atoms. The molecule has 0 aromatic heterocycles. The molecule has 0 aliphatic carbocycles. The highest BCUT2D eigenvalue weighted by molar-refractivity contribution is 8.14. The van der Waals surface area contributed by atoms with E-state index in [-0.39, 0.29) is 29.4 Å². The van der Waals surface area contributed by atoms with Gasteiger partial charge in [0, 0.05) is 12.1 Å². The Bertz CT molecular complexity index is 1120. The van der Waals surface area contributed by atoms with Gasteiger partial charge in [0.25, 0.3) is 11.1 Å². The van der Waals surface area contributed by atoms with Crippen LogP contribution in [0.15, 0.2) is 78.9 Å². The Kier molecular flexibility index (Phi) is 6.87. The zero-order chi connectivity index (χ0) is 22.3. The van der Waals surface area contributed by atoms with Crippen LogP contribution in [0, 0.1) is 0 Å². The quantitative estimate of drug-likeness (QED) is 0.555. The fraction of sp³-hybridized carbons (Fsp3) is 0.160. The zero-order valence-electron chi connectivity index (χ0n) is 17.3. The Hall–Kier alpha value is -3.58. The first kappa shape index (κ1) is 21.6. The van der Waals surface area contributed by atoms with Crippen LogP contribution in [0.1, 0.15) is 27.0 Å². The normalized spacial score (nSPS) is 13.3. The average molecular weight is 447 g/mol. The molecule has 7 heteroatoms. The molecule has 1 fully saturated rings. The predicted molar refractivity (Wildman–Crippen MR) is 123 cm³/mol. The lowest BCUT2D eigenvalue weighted by Crippen LogP contribution is -2.28. The molecule has 3 aromatic carbocycles. The van der Waals surface area contributed by atoms with Crippen molar-refractivity contribution in [2.75, 3.05) is 5.75 Å². The van der Waals surface area contributed by atoms with Crippen molar-refractivity contribution in [2.24, 2.45) is 0 Å². The molecular weight excluding hydrogens is 424 g/mol. The Balaban J connectivity index is 1.33. The number of nitrogens with one attached hydrogen (secondary N) is 1. The van der Waals surface area contributed by atoms with Gasteiger partial charge in [-0.1, -0.05) is 66.4 Å². The van der Waals surface area contributed by atoms with Gasteiger partial charge in [-0.3, -0.25) is 19.3 Å². The second kappa shape index (κ2) is 10.2. The molecule has 1 saturated heterocycles. The van der Waals surface area contributed by atoms with Crippen molar-refractivity contribution in [1.29, 1.82) is 0 Å². The number of hydrogen-bond acceptors (Lipinski definition) is 5. The number of carbonyl (C=O) groups excluding carboxylic acids is 3. The lowest BCUT2D eigenvalue weighted by atomic mass is 10.1. The third-order valence-electron chi connectivity index (χ3n) is 4.96. The minimum Gasteiger partial charge on any atom is -0.489 e.